The Bertz CT molecular complexity index is 495. The SMILES string of the molecule is c1ccc(CCN2CCCC2c2ccccn2)cc1. The summed E-state index contributed by atoms with van der Waals surface area (Å²) < 4.78 is 0. The van der Waals surface area contributed by atoms with Gasteiger partial charge in [-0.05, 0) is 43.5 Å². The van der Waals surface area contributed by atoms with Crippen LogP contribution >= 0.6 is 0 Å². The number of likely N-dealkylation sites (tertiary alicyclic amines) is 1. The topological polar surface area (TPSA) is 16.1 Å². The Labute approximate surface area is 115 Å². The summed E-state index contributed by atoms with van der Waals surface area (Å²) >= 11 is 0. The van der Waals surface area contributed by atoms with E-state index in [0.29, 0.717) is 6.04 Å². The molecular formula is C17H20N2. The lowest BCUT2D eigenvalue weighted by Crippen LogP contribution is -2.26. The summed E-state index contributed by atoms with van der Waals surface area (Å²) in [6, 6.07) is 17.5. The molecule has 1 saturated heterocycles. The average molecular weight is 252 g/mol. The van der Waals surface area contributed by atoms with Gasteiger partial charge in [-0.2, -0.15) is 0 Å². The minimum atomic E-state index is 0.518. The Morgan fingerprint density at radius 1 is 1.05 bits per heavy atom. The van der Waals surface area contributed by atoms with Crippen LogP contribution in [-0.2, 0) is 6.42 Å². The van der Waals surface area contributed by atoms with E-state index in [1.807, 2.05) is 12.3 Å². The van der Waals surface area contributed by atoms with Crippen molar-refractivity contribution in [3.05, 3.63) is 66.0 Å². The lowest BCUT2D eigenvalue weighted by atomic mass is 10.1. The maximum atomic E-state index is 4.52. The van der Waals surface area contributed by atoms with Crippen molar-refractivity contribution in [3.8, 4) is 0 Å². The van der Waals surface area contributed by atoms with Gasteiger partial charge >= 0.3 is 0 Å². The first kappa shape index (κ1) is 12.4. The van der Waals surface area contributed by atoms with Crippen LogP contribution in [-0.4, -0.2) is 23.0 Å². The first-order chi connectivity index (χ1) is 9.43. The molecule has 1 aromatic heterocycles. The van der Waals surface area contributed by atoms with Gasteiger partial charge in [-0.15, -0.1) is 0 Å². The lowest BCUT2D eigenvalue weighted by Gasteiger charge is -2.23. The van der Waals surface area contributed by atoms with Crippen LogP contribution in [0.4, 0.5) is 0 Å². The van der Waals surface area contributed by atoms with Crippen LogP contribution in [0.25, 0.3) is 0 Å². The van der Waals surface area contributed by atoms with E-state index in [0.717, 1.165) is 13.0 Å². The molecule has 2 heterocycles. The minimum Gasteiger partial charge on any atom is -0.294 e. The van der Waals surface area contributed by atoms with Crippen LogP contribution in [0, 0.1) is 0 Å². The molecule has 2 nitrogen and oxygen atoms in total. The van der Waals surface area contributed by atoms with Gasteiger partial charge in [0.25, 0.3) is 0 Å². The van der Waals surface area contributed by atoms with Gasteiger partial charge in [-0.25, -0.2) is 0 Å². The van der Waals surface area contributed by atoms with E-state index in [2.05, 4.69) is 52.3 Å². The molecule has 1 aliphatic heterocycles. The molecule has 1 aromatic carbocycles. The van der Waals surface area contributed by atoms with Crippen molar-refractivity contribution in [1.82, 2.24) is 9.88 Å². The van der Waals surface area contributed by atoms with Crippen LogP contribution in [0.2, 0.25) is 0 Å². The highest BCUT2D eigenvalue weighted by molar-refractivity contribution is 5.15. The number of nitrogens with zero attached hydrogens (tertiary/aromatic N) is 2. The Morgan fingerprint density at radius 3 is 2.68 bits per heavy atom. The molecule has 3 rings (SSSR count). The van der Waals surface area contributed by atoms with Crippen LogP contribution < -0.4 is 0 Å². The molecule has 0 aliphatic carbocycles. The number of pyridine rings is 1. The summed E-state index contributed by atoms with van der Waals surface area (Å²) in [4.78, 5) is 7.10. The number of benzene rings is 1. The van der Waals surface area contributed by atoms with Gasteiger partial charge in [0.2, 0.25) is 0 Å². The molecule has 2 aromatic rings. The van der Waals surface area contributed by atoms with E-state index in [9.17, 15) is 0 Å². The highest BCUT2D eigenvalue weighted by Crippen LogP contribution is 2.30. The summed E-state index contributed by atoms with van der Waals surface area (Å²) in [7, 11) is 0. The van der Waals surface area contributed by atoms with Crippen molar-refractivity contribution in [2.75, 3.05) is 13.1 Å². The first-order valence-corrected chi connectivity index (χ1v) is 7.12. The van der Waals surface area contributed by atoms with Gasteiger partial charge in [-0.3, -0.25) is 9.88 Å². The molecule has 1 atom stereocenters. The number of rotatable bonds is 4. The Balaban J connectivity index is 1.64. The maximum absolute atomic E-state index is 4.52. The zero-order valence-corrected chi connectivity index (χ0v) is 11.2. The molecule has 0 bridgehead atoms. The van der Waals surface area contributed by atoms with Crippen molar-refractivity contribution in [1.29, 1.82) is 0 Å². The minimum absolute atomic E-state index is 0.518. The molecule has 0 saturated carbocycles. The molecule has 1 fully saturated rings. The van der Waals surface area contributed by atoms with E-state index < -0.39 is 0 Å². The van der Waals surface area contributed by atoms with Gasteiger partial charge in [0.1, 0.15) is 0 Å². The second kappa shape index (κ2) is 5.98. The van der Waals surface area contributed by atoms with Crippen LogP contribution in [0.5, 0.6) is 0 Å². The van der Waals surface area contributed by atoms with E-state index in [1.165, 1.54) is 30.6 Å². The Morgan fingerprint density at radius 2 is 1.89 bits per heavy atom. The van der Waals surface area contributed by atoms with Gasteiger partial charge in [-0.1, -0.05) is 36.4 Å². The second-order valence-corrected chi connectivity index (χ2v) is 5.18. The Kier molecular flexibility index (Phi) is 3.89. The van der Waals surface area contributed by atoms with Gasteiger partial charge in [0, 0.05) is 12.7 Å². The van der Waals surface area contributed by atoms with Crippen molar-refractivity contribution < 1.29 is 0 Å². The maximum Gasteiger partial charge on any atom is 0.0575 e. The average Bonchev–Trinajstić information content (AvgIpc) is 2.95. The van der Waals surface area contributed by atoms with Crippen molar-refractivity contribution in [2.45, 2.75) is 25.3 Å². The zero-order valence-electron chi connectivity index (χ0n) is 11.2. The number of hydrogen-bond acceptors (Lipinski definition) is 2. The zero-order chi connectivity index (χ0) is 12.9. The first-order valence-electron chi connectivity index (χ1n) is 7.12. The van der Waals surface area contributed by atoms with E-state index in [4.69, 9.17) is 0 Å². The van der Waals surface area contributed by atoms with Gasteiger partial charge in [0.05, 0.1) is 11.7 Å². The van der Waals surface area contributed by atoms with Crippen molar-refractivity contribution in [2.24, 2.45) is 0 Å². The van der Waals surface area contributed by atoms with Crippen LogP contribution in [0.3, 0.4) is 0 Å². The number of aromatic nitrogens is 1. The summed E-state index contributed by atoms with van der Waals surface area (Å²) in [6.07, 6.45) is 5.56. The third-order valence-electron chi connectivity index (χ3n) is 3.92. The molecule has 98 valence electrons. The second-order valence-electron chi connectivity index (χ2n) is 5.18. The number of hydrogen-bond donors (Lipinski definition) is 0. The van der Waals surface area contributed by atoms with Gasteiger partial charge < -0.3 is 0 Å². The van der Waals surface area contributed by atoms with Crippen molar-refractivity contribution in [3.63, 3.8) is 0 Å². The molecule has 19 heavy (non-hydrogen) atoms. The summed E-state index contributed by atoms with van der Waals surface area (Å²) in [5, 5.41) is 0. The standard InChI is InChI=1S/C17H20N2/c1-2-7-15(8-3-1)11-14-19-13-6-10-17(19)16-9-4-5-12-18-16/h1-5,7-9,12,17H,6,10-11,13-14H2. The Hall–Kier alpha value is -1.67. The van der Waals surface area contributed by atoms with Crippen LogP contribution in [0.1, 0.15) is 30.1 Å². The lowest BCUT2D eigenvalue weighted by molar-refractivity contribution is 0.256. The molecule has 0 amide bonds. The fourth-order valence-corrected chi connectivity index (χ4v) is 2.92. The van der Waals surface area contributed by atoms with E-state index >= 15 is 0 Å². The fraction of sp³-hybridized carbons (Fsp3) is 0.353. The third-order valence-corrected chi connectivity index (χ3v) is 3.92. The monoisotopic (exact) mass is 252 g/mol. The summed E-state index contributed by atoms with van der Waals surface area (Å²) in [6.45, 7) is 2.33. The van der Waals surface area contributed by atoms with E-state index in [1.54, 1.807) is 0 Å². The molecule has 0 spiro atoms. The predicted molar refractivity (Wildman–Crippen MR) is 77.9 cm³/mol. The largest absolute Gasteiger partial charge is 0.294 e. The molecule has 1 unspecified atom stereocenters. The molecule has 0 radical (unpaired) electrons. The quantitative estimate of drug-likeness (QED) is 0.828. The highest BCUT2D eigenvalue weighted by Gasteiger charge is 2.26. The predicted octanol–water partition coefficient (Wildman–Crippen LogP) is 3.46. The highest BCUT2D eigenvalue weighted by atomic mass is 15.2. The summed E-state index contributed by atoms with van der Waals surface area (Å²) in [5.41, 5.74) is 2.65. The smallest absolute Gasteiger partial charge is 0.0575 e. The fourth-order valence-electron chi connectivity index (χ4n) is 2.92. The third kappa shape index (κ3) is 3.02. The van der Waals surface area contributed by atoms with Crippen molar-refractivity contribution >= 4 is 0 Å². The summed E-state index contributed by atoms with van der Waals surface area (Å²) in [5.74, 6) is 0. The van der Waals surface area contributed by atoms with E-state index in [-0.39, 0.29) is 0 Å². The molecule has 2 heteroatoms. The van der Waals surface area contributed by atoms with Gasteiger partial charge in [0.15, 0.2) is 0 Å². The molecule has 0 N–H and O–H groups in total. The molecular weight excluding hydrogens is 232 g/mol. The van der Waals surface area contributed by atoms with Crippen LogP contribution in [0.15, 0.2) is 54.7 Å². The molecule has 1 aliphatic rings. The normalized spacial score (nSPS) is 19.7.